The Bertz CT molecular complexity index is 966. The number of hydrogen-bond acceptors (Lipinski definition) is 5. The smallest absolute Gasteiger partial charge is 0.243 e. The summed E-state index contributed by atoms with van der Waals surface area (Å²) in [6.07, 6.45) is 0. The zero-order valence-electron chi connectivity index (χ0n) is 15.5. The number of likely N-dealkylation sites (N-methyl/N-ethyl adjacent to an activating group) is 1. The Morgan fingerprint density at radius 2 is 1.71 bits per heavy atom. The maximum atomic E-state index is 12.9. The minimum absolute atomic E-state index is 0.0340. The molecule has 0 aliphatic carbocycles. The van der Waals surface area contributed by atoms with Crippen molar-refractivity contribution in [3.8, 4) is 11.5 Å². The number of hydrogen-bond donors (Lipinski definition) is 1. The van der Waals surface area contributed by atoms with Gasteiger partial charge in [0.2, 0.25) is 15.9 Å². The van der Waals surface area contributed by atoms with Crippen molar-refractivity contribution in [2.24, 2.45) is 0 Å². The predicted octanol–water partition coefficient (Wildman–Crippen LogP) is 3.66. The molecule has 2 aromatic carbocycles. The van der Waals surface area contributed by atoms with Crippen LogP contribution in [0.1, 0.15) is 6.92 Å². The van der Waals surface area contributed by atoms with Gasteiger partial charge in [-0.1, -0.05) is 30.1 Å². The third-order valence-corrected chi connectivity index (χ3v) is 6.32. The van der Waals surface area contributed by atoms with Crippen molar-refractivity contribution >= 4 is 44.8 Å². The van der Waals surface area contributed by atoms with E-state index in [4.69, 9.17) is 32.7 Å². The zero-order chi connectivity index (χ0) is 20.9. The van der Waals surface area contributed by atoms with Gasteiger partial charge in [0, 0.05) is 11.6 Å². The van der Waals surface area contributed by atoms with Crippen molar-refractivity contribution in [1.29, 1.82) is 0 Å². The van der Waals surface area contributed by atoms with E-state index >= 15 is 0 Å². The number of anilines is 1. The number of amides is 1. The fourth-order valence-electron chi connectivity index (χ4n) is 2.45. The molecule has 0 radical (unpaired) electrons. The molecule has 0 aliphatic heterocycles. The summed E-state index contributed by atoms with van der Waals surface area (Å²) in [4.78, 5) is 12.4. The van der Waals surface area contributed by atoms with Crippen molar-refractivity contribution in [2.45, 2.75) is 11.8 Å². The SMILES string of the molecule is CCN(CC(=O)Nc1cc(Cl)ccc1OC)S(=O)(=O)c1ccc(OC)c(Cl)c1. The highest BCUT2D eigenvalue weighted by atomic mass is 35.5. The quantitative estimate of drug-likeness (QED) is 0.668. The Kier molecular flexibility index (Phi) is 7.54. The van der Waals surface area contributed by atoms with Gasteiger partial charge in [-0.25, -0.2) is 8.42 Å². The lowest BCUT2D eigenvalue weighted by molar-refractivity contribution is -0.116. The molecular formula is C18H20Cl2N2O5S. The monoisotopic (exact) mass is 446 g/mol. The highest BCUT2D eigenvalue weighted by Gasteiger charge is 2.26. The van der Waals surface area contributed by atoms with Crippen LogP contribution in [-0.4, -0.2) is 45.9 Å². The van der Waals surface area contributed by atoms with E-state index in [-0.39, 0.29) is 16.5 Å². The van der Waals surface area contributed by atoms with Crippen LogP contribution in [0.25, 0.3) is 0 Å². The second-order valence-electron chi connectivity index (χ2n) is 5.62. The molecule has 0 aromatic heterocycles. The number of benzene rings is 2. The first-order chi connectivity index (χ1) is 13.2. The number of methoxy groups -OCH3 is 2. The number of nitrogens with zero attached hydrogens (tertiary/aromatic N) is 1. The normalized spacial score (nSPS) is 11.4. The Balaban J connectivity index is 2.22. The Morgan fingerprint density at radius 3 is 2.29 bits per heavy atom. The molecule has 2 rings (SSSR count). The molecule has 7 nitrogen and oxygen atoms in total. The predicted molar refractivity (Wildman–Crippen MR) is 109 cm³/mol. The second kappa shape index (κ2) is 9.47. The minimum atomic E-state index is -3.93. The van der Waals surface area contributed by atoms with Crippen LogP contribution >= 0.6 is 23.2 Å². The van der Waals surface area contributed by atoms with Gasteiger partial charge in [0.15, 0.2) is 0 Å². The molecule has 0 saturated carbocycles. The van der Waals surface area contributed by atoms with Gasteiger partial charge < -0.3 is 14.8 Å². The second-order valence-corrected chi connectivity index (χ2v) is 8.40. The summed E-state index contributed by atoms with van der Waals surface area (Å²) in [6, 6.07) is 8.86. The van der Waals surface area contributed by atoms with Gasteiger partial charge in [0.25, 0.3) is 0 Å². The van der Waals surface area contributed by atoms with Gasteiger partial charge in [-0.05, 0) is 36.4 Å². The molecule has 0 saturated heterocycles. The largest absolute Gasteiger partial charge is 0.495 e. The molecule has 10 heteroatoms. The number of nitrogens with one attached hydrogen (secondary N) is 1. The molecule has 0 bridgehead atoms. The highest BCUT2D eigenvalue weighted by molar-refractivity contribution is 7.89. The standard InChI is InChI=1S/C18H20Cl2N2O5S/c1-4-22(28(24,25)13-6-8-16(26-2)14(20)10-13)11-18(23)21-15-9-12(19)5-7-17(15)27-3/h5-10H,4,11H2,1-3H3,(H,21,23). The summed E-state index contributed by atoms with van der Waals surface area (Å²) in [6.45, 7) is 1.33. The van der Waals surface area contributed by atoms with E-state index in [1.165, 1.54) is 38.5 Å². The van der Waals surface area contributed by atoms with Gasteiger partial charge in [-0.3, -0.25) is 4.79 Å². The van der Waals surface area contributed by atoms with Gasteiger partial charge in [-0.15, -0.1) is 0 Å². The van der Waals surface area contributed by atoms with E-state index in [0.29, 0.717) is 22.2 Å². The lowest BCUT2D eigenvalue weighted by Gasteiger charge is -2.21. The third kappa shape index (κ3) is 5.08. The minimum Gasteiger partial charge on any atom is -0.495 e. The van der Waals surface area contributed by atoms with Crippen LogP contribution in [0, 0.1) is 0 Å². The Labute approximate surface area is 174 Å². The molecule has 0 spiro atoms. The Hall–Kier alpha value is -2.00. The van der Waals surface area contributed by atoms with Gasteiger partial charge in [0.05, 0.1) is 36.4 Å². The van der Waals surface area contributed by atoms with E-state index in [0.717, 1.165) is 4.31 Å². The van der Waals surface area contributed by atoms with E-state index < -0.39 is 22.5 Å². The van der Waals surface area contributed by atoms with E-state index in [9.17, 15) is 13.2 Å². The van der Waals surface area contributed by atoms with Gasteiger partial charge >= 0.3 is 0 Å². The lowest BCUT2D eigenvalue weighted by atomic mass is 10.3. The molecule has 0 atom stereocenters. The van der Waals surface area contributed by atoms with Crippen LogP contribution < -0.4 is 14.8 Å². The number of rotatable bonds is 8. The van der Waals surface area contributed by atoms with E-state index in [2.05, 4.69) is 5.32 Å². The van der Waals surface area contributed by atoms with E-state index in [1.54, 1.807) is 19.1 Å². The van der Waals surface area contributed by atoms with Crippen molar-refractivity contribution in [3.63, 3.8) is 0 Å². The van der Waals surface area contributed by atoms with E-state index in [1.807, 2.05) is 0 Å². The molecule has 152 valence electrons. The van der Waals surface area contributed by atoms with Crippen LogP contribution in [0.4, 0.5) is 5.69 Å². The maximum Gasteiger partial charge on any atom is 0.243 e. The molecule has 28 heavy (non-hydrogen) atoms. The molecule has 0 heterocycles. The van der Waals surface area contributed by atoms with Crippen LogP contribution in [0.5, 0.6) is 11.5 Å². The molecule has 0 aliphatic rings. The summed E-state index contributed by atoms with van der Waals surface area (Å²) >= 11 is 12.0. The molecule has 1 amide bonds. The number of ether oxygens (including phenoxy) is 2. The van der Waals surface area contributed by atoms with Crippen molar-refractivity contribution in [2.75, 3.05) is 32.6 Å². The fourth-order valence-corrected chi connectivity index (χ4v) is 4.38. The number of carbonyl (C=O) groups is 1. The first-order valence-electron chi connectivity index (χ1n) is 8.20. The topological polar surface area (TPSA) is 84.9 Å². The number of carbonyl (C=O) groups excluding carboxylic acids is 1. The average Bonchev–Trinajstić information content (AvgIpc) is 2.66. The lowest BCUT2D eigenvalue weighted by Crippen LogP contribution is -2.37. The van der Waals surface area contributed by atoms with Crippen molar-refractivity contribution in [3.05, 3.63) is 46.4 Å². The number of halogens is 2. The number of sulfonamides is 1. The summed E-state index contributed by atoms with van der Waals surface area (Å²) in [5, 5.41) is 3.19. The molecular weight excluding hydrogens is 427 g/mol. The van der Waals surface area contributed by atoms with Gasteiger partial charge in [-0.2, -0.15) is 4.31 Å². The van der Waals surface area contributed by atoms with Crippen molar-refractivity contribution < 1.29 is 22.7 Å². The Morgan fingerprint density at radius 1 is 1.07 bits per heavy atom. The first kappa shape index (κ1) is 22.3. The van der Waals surface area contributed by atoms with Crippen molar-refractivity contribution in [1.82, 2.24) is 4.31 Å². The first-order valence-corrected chi connectivity index (χ1v) is 10.4. The summed E-state index contributed by atoms with van der Waals surface area (Å²) in [5.41, 5.74) is 0.348. The van der Waals surface area contributed by atoms with Crippen LogP contribution in [0.3, 0.4) is 0 Å². The third-order valence-electron chi connectivity index (χ3n) is 3.87. The summed E-state index contributed by atoms with van der Waals surface area (Å²) < 4.78 is 37.0. The van der Waals surface area contributed by atoms with Gasteiger partial charge in [0.1, 0.15) is 11.5 Å². The molecule has 1 N–H and O–H groups in total. The fraction of sp³-hybridized carbons (Fsp3) is 0.278. The maximum absolute atomic E-state index is 12.9. The molecule has 0 unspecified atom stereocenters. The molecule has 0 fully saturated rings. The zero-order valence-corrected chi connectivity index (χ0v) is 17.9. The summed E-state index contributed by atoms with van der Waals surface area (Å²) in [5.74, 6) is 0.227. The van der Waals surface area contributed by atoms with Crippen LogP contribution in [0.2, 0.25) is 10.0 Å². The average molecular weight is 447 g/mol. The molecule has 2 aromatic rings. The highest BCUT2D eigenvalue weighted by Crippen LogP contribution is 2.29. The van der Waals surface area contributed by atoms with Crippen LogP contribution in [0.15, 0.2) is 41.3 Å². The summed E-state index contributed by atoms with van der Waals surface area (Å²) in [7, 11) is -1.05. The van der Waals surface area contributed by atoms with Crippen LogP contribution in [-0.2, 0) is 14.8 Å².